The Morgan fingerprint density at radius 3 is 1.44 bits per heavy atom. The zero-order chi connectivity index (χ0) is 19.9. The van der Waals surface area contributed by atoms with E-state index < -0.39 is 16.2 Å². The smallest absolute Gasteiger partial charge is 0.370 e. The van der Waals surface area contributed by atoms with E-state index in [1.165, 1.54) is 0 Å². The van der Waals surface area contributed by atoms with Crippen molar-refractivity contribution in [1.29, 1.82) is 0 Å². The highest BCUT2D eigenvalue weighted by molar-refractivity contribution is 5.67. The standard InChI is InChI=1S/C19H15NO2.ClHO4/c21-19(22)14-20-17(15-8-3-1-4-9-15)12-7-13-18(20)16-10-5-2-6-11-16;2-1(3,4)5/h1-13H,14H2;(H,2,3,4,5). The van der Waals surface area contributed by atoms with Gasteiger partial charge in [0.2, 0.25) is 17.9 Å². The third-order valence-corrected chi connectivity index (χ3v) is 3.52. The minimum atomic E-state index is -4.94. The van der Waals surface area contributed by atoms with Gasteiger partial charge in [-0.05, 0) is 30.3 Å². The summed E-state index contributed by atoms with van der Waals surface area (Å²) in [4.78, 5) is 11.3. The van der Waals surface area contributed by atoms with E-state index in [4.69, 9.17) is 18.6 Å². The van der Waals surface area contributed by atoms with E-state index in [0.717, 1.165) is 22.5 Å². The van der Waals surface area contributed by atoms with Crippen LogP contribution in [0.5, 0.6) is 0 Å². The third kappa shape index (κ3) is 6.78. The van der Waals surface area contributed by atoms with Gasteiger partial charge in [0.05, 0.1) is 0 Å². The summed E-state index contributed by atoms with van der Waals surface area (Å²) in [7, 11) is -4.94. The summed E-state index contributed by atoms with van der Waals surface area (Å²) in [5.41, 5.74) is 3.79. The highest BCUT2D eigenvalue weighted by Gasteiger charge is 2.21. The van der Waals surface area contributed by atoms with Crippen molar-refractivity contribution in [3.8, 4) is 22.5 Å². The Hall–Kier alpha value is -2.81. The van der Waals surface area contributed by atoms with Gasteiger partial charge in [0.1, 0.15) is 0 Å². The molecule has 8 heteroatoms. The molecule has 0 saturated heterocycles. The SMILES string of the molecule is O=C(O)C[n+]1c(-c2ccccc2)cccc1-c1ccccc1.[O-][Cl+3]([O-])([O-])[O-]. The van der Waals surface area contributed by atoms with Gasteiger partial charge in [-0.1, -0.05) is 36.4 Å². The van der Waals surface area contributed by atoms with Crippen molar-refractivity contribution in [3.05, 3.63) is 78.9 Å². The summed E-state index contributed by atoms with van der Waals surface area (Å²) in [6.07, 6.45) is 0. The van der Waals surface area contributed by atoms with Crippen LogP contribution in [0.4, 0.5) is 0 Å². The number of halogens is 1. The molecule has 2 aromatic carbocycles. The quantitative estimate of drug-likeness (QED) is 0.547. The van der Waals surface area contributed by atoms with Crippen LogP contribution in [0.15, 0.2) is 78.9 Å². The lowest BCUT2D eigenvalue weighted by atomic mass is 10.1. The molecule has 7 nitrogen and oxygen atoms in total. The maximum atomic E-state index is 11.3. The molecule has 0 aliphatic heterocycles. The van der Waals surface area contributed by atoms with E-state index in [2.05, 4.69) is 0 Å². The lowest BCUT2D eigenvalue weighted by molar-refractivity contribution is -2.00. The van der Waals surface area contributed by atoms with Gasteiger partial charge in [0.25, 0.3) is 0 Å². The van der Waals surface area contributed by atoms with Gasteiger partial charge < -0.3 is 5.11 Å². The van der Waals surface area contributed by atoms with Gasteiger partial charge in [-0.3, -0.25) is 0 Å². The second-order valence-corrected chi connectivity index (χ2v) is 6.14. The molecule has 3 aromatic rings. The van der Waals surface area contributed by atoms with Gasteiger partial charge in [0.15, 0.2) is 0 Å². The Kier molecular flexibility index (Phi) is 7.00. The molecule has 0 saturated carbocycles. The number of carboxylic acid groups (broad SMARTS) is 1. The summed E-state index contributed by atoms with van der Waals surface area (Å²) in [6.45, 7) is -0.0741. The topological polar surface area (TPSA) is 133 Å². The highest BCUT2D eigenvalue weighted by Crippen LogP contribution is 2.20. The van der Waals surface area contributed by atoms with Crippen LogP contribution in [0.1, 0.15) is 0 Å². The molecule has 0 amide bonds. The van der Waals surface area contributed by atoms with Gasteiger partial charge in [-0.15, -0.1) is 10.2 Å². The summed E-state index contributed by atoms with van der Waals surface area (Å²) < 4.78 is 35.8. The fraction of sp³-hybridized carbons (Fsp3) is 0.0526. The molecule has 0 radical (unpaired) electrons. The zero-order valence-corrected chi connectivity index (χ0v) is 14.8. The first kappa shape index (κ1) is 20.5. The second kappa shape index (κ2) is 9.22. The normalized spacial score (nSPS) is 10.7. The average Bonchev–Trinajstić information content (AvgIpc) is 2.61. The number of carbonyl (C=O) groups is 1. The Bertz CT molecular complexity index is 818. The van der Waals surface area contributed by atoms with Crippen molar-refractivity contribution in [1.82, 2.24) is 0 Å². The van der Waals surface area contributed by atoms with Crippen molar-refractivity contribution in [2.75, 3.05) is 0 Å². The van der Waals surface area contributed by atoms with Crippen molar-refractivity contribution in [2.45, 2.75) is 6.54 Å². The molecule has 0 unspecified atom stereocenters. The molecule has 1 heterocycles. The van der Waals surface area contributed by atoms with Gasteiger partial charge in [-0.2, -0.15) is 4.57 Å². The number of carboxylic acids is 1. The highest BCUT2D eigenvalue weighted by atomic mass is 35.7. The summed E-state index contributed by atoms with van der Waals surface area (Å²) in [5.74, 6) is -0.856. The molecule has 3 rings (SSSR count). The Labute approximate surface area is 157 Å². The lowest BCUT2D eigenvalue weighted by Crippen LogP contribution is -2.68. The number of aromatic nitrogens is 1. The first-order valence-electron chi connectivity index (χ1n) is 7.73. The van der Waals surface area contributed by atoms with Crippen LogP contribution >= 0.6 is 0 Å². The van der Waals surface area contributed by atoms with Crippen LogP contribution in [0.25, 0.3) is 22.5 Å². The number of nitrogens with zero attached hydrogens (tertiary/aromatic N) is 1. The molecule has 0 spiro atoms. The minimum Gasteiger partial charge on any atom is -0.477 e. The van der Waals surface area contributed by atoms with E-state index in [1.807, 2.05) is 83.4 Å². The molecule has 0 aliphatic carbocycles. The summed E-state index contributed by atoms with van der Waals surface area (Å²) >= 11 is 0. The third-order valence-electron chi connectivity index (χ3n) is 3.52. The van der Waals surface area contributed by atoms with Crippen LogP contribution < -0.4 is 23.2 Å². The van der Waals surface area contributed by atoms with Gasteiger partial charge in [0, 0.05) is 23.3 Å². The van der Waals surface area contributed by atoms with Crippen molar-refractivity contribution in [3.63, 3.8) is 0 Å². The molecule has 0 bridgehead atoms. The monoisotopic (exact) mass is 389 g/mol. The van der Waals surface area contributed by atoms with Crippen molar-refractivity contribution in [2.24, 2.45) is 0 Å². The van der Waals surface area contributed by atoms with E-state index in [1.54, 1.807) is 0 Å². The minimum absolute atomic E-state index is 0.0741. The average molecular weight is 390 g/mol. The largest absolute Gasteiger partial charge is 0.477 e. The molecule has 0 atom stereocenters. The van der Waals surface area contributed by atoms with E-state index in [-0.39, 0.29) is 6.54 Å². The molecule has 1 N–H and O–H groups in total. The Morgan fingerprint density at radius 2 is 1.11 bits per heavy atom. The number of aliphatic carboxylic acids is 1. The maximum absolute atomic E-state index is 11.3. The molecular weight excluding hydrogens is 374 g/mol. The predicted molar refractivity (Wildman–Crippen MR) is 85.1 cm³/mol. The van der Waals surface area contributed by atoms with Crippen molar-refractivity contribution < 1.29 is 43.3 Å². The van der Waals surface area contributed by atoms with Crippen molar-refractivity contribution >= 4 is 5.97 Å². The van der Waals surface area contributed by atoms with Crippen LogP contribution in [-0.4, -0.2) is 11.1 Å². The molecule has 140 valence electrons. The fourth-order valence-corrected chi connectivity index (χ4v) is 2.57. The summed E-state index contributed by atoms with van der Waals surface area (Å²) in [6, 6.07) is 25.5. The molecule has 0 fully saturated rings. The Morgan fingerprint density at radius 1 is 0.741 bits per heavy atom. The van der Waals surface area contributed by atoms with Crippen LogP contribution in [0.2, 0.25) is 0 Å². The Balaban J connectivity index is 0.000000465. The van der Waals surface area contributed by atoms with E-state index in [0.29, 0.717) is 0 Å². The number of hydrogen-bond donors (Lipinski definition) is 1. The summed E-state index contributed by atoms with van der Waals surface area (Å²) in [5, 5.41) is 9.29. The van der Waals surface area contributed by atoms with Crippen LogP contribution in [-0.2, 0) is 11.3 Å². The first-order chi connectivity index (χ1) is 12.8. The fourth-order valence-electron chi connectivity index (χ4n) is 2.57. The van der Waals surface area contributed by atoms with Crippen LogP contribution in [0.3, 0.4) is 0 Å². The number of hydrogen-bond acceptors (Lipinski definition) is 5. The lowest BCUT2D eigenvalue weighted by Gasteiger charge is -2.17. The second-order valence-electron chi connectivity index (χ2n) is 5.39. The molecule has 1 aromatic heterocycles. The van der Waals surface area contributed by atoms with Crippen LogP contribution in [0, 0.1) is 10.2 Å². The van der Waals surface area contributed by atoms with E-state index >= 15 is 0 Å². The number of pyridine rings is 1. The number of rotatable bonds is 4. The predicted octanol–water partition coefficient (Wildman–Crippen LogP) is -1.36. The molecular formula is C19H16ClNO6. The zero-order valence-electron chi connectivity index (χ0n) is 14.0. The van der Waals surface area contributed by atoms with Gasteiger partial charge >= 0.3 is 5.97 Å². The maximum Gasteiger partial charge on any atom is 0.370 e. The number of benzene rings is 2. The first-order valence-corrected chi connectivity index (χ1v) is 8.96. The molecule has 0 aliphatic rings. The van der Waals surface area contributed by atoms with Gasteiger partial charge in [-0.25, -0.2) is 23.4 Å². The molecule has 27 heavy (non-hydrogen) atoms. The van der Waals surface area contributed by atoms with E-state index in [9.17, 15) is 9.90 Å².